The van der Waals surface area contributed by atoms with Crippen molar-refractivity contribution in [3.63, 3.8) is 0 Å². The maximum Gasteiger partial charge on any atom is 0.416 e. The SMILES string of the molecule is CC(=O)COc1ccc(CC=NOCc2ccc(C(F)(F)F)cc2)cc1. The molecule has 0 unspecified atom stereocenters. The van der Waals surface area contributed by atoms with E-state index in [4.69, 9.17) is 9.57 Å². The van der Waals surface area contributed by atoms with Gasteiger partial charge in [0.05, 0.1) is 5.56 Å². The summed E-state index contributed by atoms with van der Waals surface area (Å²) in [6.45, 7) is 1.58. The Morgan fingerprint density at radius 3 is 2.23 bits per heavy atom. The molecule has 0 aliphatic heterocycles. The molecule has 0 radical (unpaired) electrons. The van der Waals surface area contributed by atoms with Crippen LogP contribution in [0.15, 0.2) is 53.7 Å². The molecular weight excluding hydrogens is 347 g/mol. The lowest BCUT2D eigenvalue weighted by molar-refractivity contribution is -0.137. The van der Waals surface area contributed by atoms with Gasteiger partial charge in [-0.15, -0.1) is 0 Å². The summed E-state index contributed by atoms with van der Waals surface area (Å²) in [7, 11) is 0. The highest BCUT2D eigenvalue weighted by Gasteiger charge is 2.29. The predicted octanol–water partition coefficient (Wildman–Crippen LogP) is 4.42. The van der Waals surface area contributed by atoms with E-state index in [1.54, 1.807) is 18.3 Å². The number of oxime groups is 1. The van der Waals surface area contributed by atoms with Crippen LogP contribution in [0.4, 0.5) is 13.2 Å². The zero-order valence-electron chi connectivity index (χ0n) is 14.1. The Morgan fingerprint density at radius 1 is 1.04 bits per heavy atom. The van der Waals surface area contributed by atoms with E-state index in [1.807, 2.05) is 12.1 Å². The molecule has 26 heavy (non-hydrogen) atoms. The Labute approximate surface area is 149 Å². The van der Waals surface area contributed by atoms with Gasteiger partial charge in [0.1, 0.15) is 19.0 Å². The molecule has 0 spiro atoms. The molecule has 0 saturated carbocycles. The summed E-state index contributed by atoms with van der Waals surface area (Å²) in [5.41, 5.74) is 0.879. The maximum absolute atomic E-state index is 12.5. The predicted molar refractivity (Wildman–Crippen MR) is 91.0 cm³/mol. The first kappa shape index (κ1) is 19.5. The van der Waals surface area contributed by atoms with Crippen LogP contribution in [0.25, 0.3) is 0 Å². The average Bonchev–Trinajstić information content (AvgIpc) is 2.60. The molecule has 7 heteroatoms. The number of benzene rings is 2. The average molecular weight is 365 g/mol. The van der Waals surface area contributed by atoms with Crippen LogP contribution in [0.5, 0.6) is 5.75 Å². The number of carbonyl (C=O) groups excluding carboxylic acids is 1. The van der Waals surface area contributed by atoms with E-state index < -0.39 is 11.7 Å². The molecule has 0 aromatic heterocycles. The standard InChI is InChI=1S/C19H18F3NO3/c1-14(24)12-25-18-8-4-15(5-9-18)10-11-23-26-13-16-2-6-17(7-3-16)19(20,21)22/h2-9,11H,10,12-13H2,1H3. The monoisotopic (exact) mass is 365 g/mol. The number of ketones is 1. The molecule has 2 aromatic rings. The van der Waals surface area contributed by atoms with Gasteiger partial charge in [-0.25, -0.2) is 0 Å². The first-order valence-corrected chi connectivity index (χ1v) is 7.85. The number of halogens is 3. The van der Waals surface area contributed by atoms with Crippen molar-refractivity contribution in [3.05, 3.63) is 65.2 Å². The topological polar surface area (TPSA) is 47.9 Å². The lowest BCUT2D eigenvalue weighted by atomic mass is 10.1. The van der Waals surface area contributed by atoms with Gasteiger partial charge in [0.25, 0.3) is 0 Å². The van der Waals surface area contributed by atoms with E-state index in [1.165, 1.54) is 19.1 Å². The molecule has 2 rings (SSSR count). The van der Waals surface area contributed by atoms with E-state index in [0.717, 1.165) is 17.7 Å². The molecule has 138 valence electrons. The Bertz CT molecular complexity index is 738. The third kappa shape index (κ3) is 6.58. The highest BCUT2D eigenvalue weighted by Crippen LogP contribution is 2.29. The summed E-state index contributed by atoms with van der Waals surface area (Å²) in [5.74, 6) is 0.561. The van der Waals surface area contributed by atoms with E-state index in [0.29, 0.717) is 17.7 Å². The molecule has 0 aliphatic carbocycles. The second-order valence-electron chi connectivity index (χ2n) is 5.59. The molecule has 4 nitrogen and oxygen atoms in total. The largest absolute Gasteiger partial charge is 0.486 e. The number of rotatable bonds is 8. The van der Waals surface area contributed by atoms with Crippen molar-refractivity contribution in [3.8, 4) is 5.75 Å². The van der Waals surface area contributed by atoms with Crippen molar-refractivity contribution >= 4 is 12.0 Å². The van der Waals surface area contributed by atoms with Crippen molar-refractivity contribution < 1.29 is 27.5 Å². The van der Waals surface area contributed by atoms with Gasteiger partial charge >= 0.3 is 6.18 Å². The molecule has 0 atom stereocenters. The van der Waals surface area contributed by atoms with E-state index in [-0.39, 0.29) is 19.0 Å². The number of alkyl halides is 3. The zero-order valence-corrected chi connectivity index (χ0v) is 14.1. The van der Waals surface area contributed by atoms with Crippen LogP contribution in [-0.4, -0.2) is 18.6 Å². The molecule has 2 aromatic carbocycles. The molecule has 0 heterocycles. The van der Waals surface area contributed by atoms with Crippen molar-refractivity contribution in [1.82, 2.24) is 0 Å². The molecule has 0 aliphatic rings. The smallest absolute Gasteiger partial charge is 0.416 e. The number of ether oxygens (including phenoxy) is 1. The Balaban J connectivity index is 1.74. The van der Waals surface area contributed by atoms with Crippen LogP contribution in [0.2, 0.25) is 0 Å². The van der Waals surface area contributed by atoms with E-state index >= 15 is 0 Å². The minimum Gasteiger partial charge on any atom is -0.486 e. The fourth-order valence-corrected chi connectivity index (χ4v) is 2.00. The summed E-state index contributed by atoms with van der Waals surface area (Å²) in [6.07, 6.45) is -2.25. The van der Waals surface area contributed by atoms with Gasteiger partial charge in [0.15, 0.2) is 5.78 Å². The van der Waals surface area contributed by atoms with E-state index in [2.05, 4.69) is 5.16 Å². The number of carbonyl (C=O) groups is 1. The normalized spacial score (nSPS) is 11.5. The maximum atomic E-state index is 12.5. The quantitative estimate of drug-likeness (QED) is 0.514. The van der Waals surface area contributed by atoms with Gasteiger partial charge in [0.2, 0.25) is 0 Å². The van der Waals surface area contributed by atoms with Crippen LogP contribution in [0.3, 0.4) is 0 Å². The number of nitrogens with zero attached hydrogens (tertiary/aromatic N) is 1. The number of Topliss-reactive ketones (excluding diaryl/α,β-unsaturated/α-hetero) is 1. The van der Waals surface area contributed by atoms with Crippen LogP contribution in [-0.2, 0) is 28.8 Å². The molecule has 0 N–H and O–H groups in total. The Hall–Kier alpha value is -2.83. The summed E-state index contributed by atoms with van der Waals surface area (Å²) in [6, 6.07) is 11.9. The van der Waals surface area contributed by atoms with E-state index in [9.17, 15) is 18.0 Å². The van der Waals surface area contributed by atoms with Gasteiger partial charge in [-0.05, 0) is 42.3 Å². The van der Waals surface area contributed by atoms with Crippen molar-refractivity contribution in [2.75, 3.05) is 6.61 Å². The summed E-state index contributed by atoms with van der Waals surface area (Å²) >= 11 is 0. The van der Waals surface area contributed by atoms with Gasteiger partial charge in [-0.3, -0.25) is 4.79 Å². The zero-order chi connectivity index (χ0) is 19.0. The van der Waals surface area contributed by atoms with Crippen LogP contribution in [0, 0.1) is 0 Å². The van der Waals surface area contributed by atoms with Crippen LogP contribution >= 0.6 is 0 Å². The minimum absolute atomic E-state index is 0.0403. The summed E-state index contributed by atoms with van der Waals surface area (Å²) in [4.78, 5) is 15.9. The van der Waals surface area contributed by atoms with Crippen molar-refractivity contribution in [1.29, 1.82) is 0 Å². The molecule has 0 fully saturated rings. The molecule has 0 saturated heterocycles. The Kier molecular flexibility index (Phi) is 6.77. The minimum atomic E-state index is -4.34. The van der Waals surface area contributed by atoms with Crippen molar-refractivity contribution in [2.45, 2.75) is 26.1 Å². The molecule has 0 amide bonds. The van der Waals surface area contributed by atoms with Gasteiger partial charge < -0.3 is 9.57 Å². The highest BCUT2D eigenvalue weighted by molar-refractivity contribution is 5.77. The van der Waals surface area contributed by atoms with Gasteiger partial charge in [0, 0.05) is 12.6 Å². The first-order valence-electron chi connectivity index (χ1n) is 7.85. The number of hydrogen-bond donors (Lipinski definition) is 0. The van der Waals surface area contributed by atoms with Crippen LogP contribution < -0.4 is 4.74 Å². The highest BCUT2D eigenvalue weighted by atomic mass is 19.4. The second kappa shape index (κ2) is 9.03. The Morgan fingerprint density at radius 2 is 1.65 bits per heavy atom. The lowest BCUT2D eigenvalue weighted by Crippen LogP contribution is -2.06. The fourth-order valence-electron chi connectivity index (χ4n) is 2.00. The number of hydrogen-bond acceptors (Lipinski definition) is 4. The summed E-state index contributed by atoms with van der Waals surface area (Å²) in [5, 5.41) is 3.79. The second-order valence-corrected chi connectivity index (χ2v) is 5.59. The lowest BCUT2D eigenvalue weighted by Gasteiger charge is -2.07. The van der Waals surface area contributed by atoms with Crippen molar-refractivity contribution in [2.24, 2.45) is 5.16 Å². The molecular formula is C19H18F3NO3. The molecule has 0 bridgehead atoms. The summed E-state index contributed by atoms with van der Waals surface area (Å²) < 4.78 is 42.6. The first-order chi connectivity index (χ1) is 12.3. The van der Waals surface area contributed by atoms with Gasteiger partial charge in [-0.1, -0.05) is 29.4 Å². The van der Waals surface area contributed by atoms with Crippen LogP contribution in [0.1, 0.15) is 23.6 Å². The third-order valence-corrected chi connectivity index (χ3v) is 3.35. The van der Waals surface area contributed by atoms with Gasteiger partial charge in [-0.2, -0.15) is 13.2 Å². The third-order valence-electron chi connectivity index (χ3n) is 3.35. The fraction of sp³-hybridized carbons (Fsp3) is 0.263.